The maximum Gasteiger partial charge on any atom is 0.233 e. The van der Waals surface area contributed by atoms with E-state index in [1.807, 2.05) is 0 Å². The average molecular weight is 223 g/mol. The summed E-state index contributed by atoms with van der Waals surface area (Å²) in [6, 6.07) is 0. The van der Waals surface area contributed by atoms with Crippen molar-refractivity contribution in [2.24, 2.45) is 17.3 Å². The van der Waals surface area contributed by atoms with Crippen LogP contribution in [0.25, 0.3) is 0 Å². The van der Waals surface area contributed by atoms with Crippen molar-refractivity contribution in [2.45, 2.75) is 52.4 Å². The topological polar surface area (TPSA) is 46.2 Å². The smallest absolute Gasteiger partial charge is 0.233 e. The molecule has 2 amide bonds. The first-order valence-electron chi connectivity index (χ1n) is 6.36. The third-order valence-corrected chi connectivity index (χ3v) is 3.99. The second kappa shape index (κ2) is 4.19. The summed E-state index contributed by atoms with van der Waals surface area (Å²) in [4.78, 5) is 23.2. The minimum absolute atomic E-state index is 0.00837. The number of rotatable bonds is 2. The van der Waals surface area contributed by atoms with E-state index in [9.17, 15) is 9.59 Å². The second-order valence-corrected chi connectivity index (χ2v) is 5.93. The van der Waals surface area contributed by atoms with Crippen LogP contribution in [0.15, 0.2) is 0 Å². The second-order valence-electron chi connectivity index (χ2n) is 5.93. The van der Waals surface area contributed by atoms with Gasteiger partial charge in [-0.15, -0.1) is 0 Å². The van der Waals surface area contributed by atoms with Crippen molar-refractivity contribution in [3.63, 3.8) is 0 Å². The van der Waals surface area contributed by atoms with Gasteiger partial charge in [0.1, 0.15) is 0 Å². The Labute approximate surface area is 97.0 Å². The van der Waals surface area contributed by atoms with E-state index in [2.05, 4.69) is 19.2 Å². The van der Waals surface area contributed by atoms with Crippen LogP contribution < -0.4 is 5.32 Å². The Morgan fingerprint density at radius 1 is 1.44 bits per heavy atom. The van der Waals surface area contributed by atoms with E-state index in [0.29, 0.717) is 18.3 Å². The highest BCUT2D eigenvalue weighted by atomic mass is 16.2. The molecule has 2 fully saturated rings. The zero-order chi connectivity index (χ0) is 11.8. The molecule has 2 atom stereocenters. The number of hydrogen-bond acceptors (Lipinski definition) is 2. The van der Waals surface area contributed by atoms with Crippen LogP contribution in [-0.4, -0.2) is 11.8 Å². The zero-order valence-electron chi connectivity index (χ0n) is 10.2. The molecule has 1 aliphatic heterocycles. The molecule has 1 aliphatic carbocycles. The van der Waals surface area contributed by atoms with Gasteiger partial charge in [0.05, 0.1) is 5.41 Å². The summed E-state index contributed by atoms with van der Waals surface area (Å²) < 4.78 is 0. The van der Waals surface area contributed by atoms with Crippen molar-refractivity contribution >= 4 is 11.8 Å². The Bertz CT molecular complexity index is 311. The molecule has 0 bridgehead atoms. The van der Waals surface area contributed by atoms with Gasteiger partial charge in [-0.1, -0.05) is 26.7 Å². The van der Waals surface area contributed by atoms with Crippen LogP contribution in [0.1, 0.15) is 52.4 Å². The van der Waals surface area contributed by atoms with Crippen molar-refractivity contribution in [3.05, 3.63) is 0 Å². The molecule has 2 aliphatic rings. The number of carbonyl (C=O) groups is 2. The SMILES string of the molecule is CC(C)CC1CCCC2(CC(=O)NC2=O)C1. The molecule has 1 N–H and O–H groups in total. The van der Waals surface area contributed by atoms with Crippen LogP contribution in [0.2, 0.25) is 0 Å². The summed E-state index contributed by atoms with van der Waals surface area (Å²) >= 11 is 0. The molecular weight excluding hydrogens is 202 g/mol. The van der Waals surface area contributed by atoms with E-state index in [0.717, 1.165) is 19.3 Å². The normalized spacial score (nSPS) is 34.8. The number of nitrogens with one attached hydrogen (secondary N) is 1. The van der Waals surface area contributed by atoms with Crippen molar-refractivity contribution in [1.82, 2.24) is 5.32 Å². The minimum Gasteiger partial charge on any atom is -0.296 e. The Morgan fingerprint density at radius 3 is 2.75 bits per heavy atom. The Kier molecular flexibility index (Phi) is 3.04. The van der Waals surface area contributed by atoms with Gasteiger partial charge in [0.15, 0.2) is 0 Å². The summed E-state index contributed by atoms with van der Waals surface area (Å²) in [5, 5.41) is 2.47. The molecule has 0 aromatic rings. The minimum atomic E-state index is -0.338. The molecule has 1 saturated carbocycles. The summed E-state index contributed by atoms with van der Waals surface area (Å²) in [6.07, 6.45) is 5.76. The van der Waals surface area contributed by atoms with Crippen molar-refractivity contribution in [2.75, 3.05) is 0 Å². The highest BCUT2D eigenvalue weighted by Crippen LogP contribution is 2.46. The molecule has 90 valence electrons. The highest BCUT2D eigenvalue weighted by molar-refractivity contribution is 6.05. The molecule has 2 rings (SSSR count). The van der Waals surface area contributed by atoms with Crippen molar-refractivity contribution < 1.29 is 9.59 Å². The highest BCUT2D eigenvalue weighted by Gasteiger charge is 2.48. The number of hydrogen-bond donors (Lipinski definition) is 1. The van der Waals surface area contributed by atoms with Crippen LogP contribution in [0.3, 0.4) is 0 Å². The van der Waals surface area contributed by atoms with E-state index >= 15 is 0 Å². The lowest BCUT2D eigenvalue weighted by Gasteiger charge is -2.35. The molecule has 0 aromatic heterocycles. The molecular formula is C13H21NO2. The van der Waals surface area contributed by atoms with E-state index in [1.54, 1.807) is 0 Å². The summed E-state index contributed by atoms with van der Waals surface area (Å²) in [7, 11) is 0. The number of amides is 2. The van der Waals surface area contributed by atoms with E-state index in [1.165, 1.54) is 12.8 Å². The van der Waals surface area contributed by atoms with Crippen LogP contribution in [0.4, 0.5) is 0 Å². The van der Waals surface area contributed by atoms with Gasteiger partial charge in [-0.3, -0.25) is 14.9 Å². The number of carbonyl (C=O) groups excluding carboxylic acids is 2. The third-order valence-electron chi connectivity index (χ3n) is 3.99. The van der Waals surface area contributed by atoms with Gasteiger partial charge in [0.2, 0.25) is 11.8 Å². The average Bonchev–Trinajstić information content (AvgIpc) is 2.40. The lowest BCUT2D eigenvalue weighted by atomic mass is 9.67. The van der Waals surface area contributed by atoms with Gasteiger partial charge < -0.3 is 0 Å². The summed E-state index contributed by atoms with van der Waals surface area (Å²) in [6.45, 7) is 4.45. The van der Waals surface area contributed by atoms with Gasteiger partial charge in [0.25, 0.3) is 0 Å². The lowest BCUT2D eigenvalue weighted by Crippen LogP contribution is -2.36. The van der Waals surface area contributed by atoms with Crippen molar-refractivity contribution in [3.8, 4) is 0 Å². The molecule has 16 heavy (non-hydrogen) atoms. The van der Waals surface area contributed by atoms with Crippen LogP contribution in [0, 0.1) is 17.3 Å². The first-order valence-corrected chi connectivity index (χ1v) is 6.36. The van der Waals surface area contributed by atoms with Crippen LogP contribution in [0.5, 0.6) is 0 Å². The Hall–Kier alpha value is -0.860. The molecule has 0 radical (unpaired) electrons. The van der Waals surface area contributed by atoms with Crippen LogP contribution in [-0.2, 0) is 9.59 Å². The summed E-state index contributed by atoms with van der Waals surface area (Å²) in [5.74, 6) is 1.23. The molecule has 2 unspecified atom stereocenters. The van der Waals surface area contributed by atoms with Gasteiger partial charge in [-0.25, -0.2) is 0 Å². The molecule has 1 spiro atoms. The third kappa shape index (κ3) is 2.13. The van der Waals surface area contributed by atoms with Crippen LogP contribution >= 0.6 is 0 Å². The molecule has 1 saturated heterocycles. The van der Waals surface area contributed by atoms with Crippen molar-refractivity contribution in [1.29, 1.82) is 0 Å². The quantitative estimate of drug-likeness (QED) is 0.730. The Balaban J connectivity index is 2.06. The van der Waals surface area contributed by atoms with Gasteiger partial charge >= 0.3 is 0 Å². The summed E-state index contributed by atoms with van der Waals surface area (Å²) in [5.41, 5.74) is -0.338. The Morgan fingerprint density at radius 2 is 2.19 bits per heavy atom. The largest absolute Gasteiger partial charge is 0.296 e. The van der Waals surface area contributed by atoms with E-state index < -0.39 is 0 Å². The first-order chi connectivity index (χ1) is 7.52. The van der Waals surface area contributed by atoms with E-state index in [-0.39, 0.29) is 17.2 Å². The fourth-order valence-corrected chi connectivity index (χ4v) is 3.41. The predicted molar refractivity (Wildman–Crippen MR) is 61.6 cm³/mol. The van der Waals surface area contributed by atoms with Gasteiger partial charge in [-0.2, -0.15) is 0 Å². The van der Waals surface area contributed by atoms with Gasteiger partial charge in [0, 0.05) is 6.42 Å². The lowest BCUT2D eigenvalue weighted by molar-refractivity contribution is -0.130. The first kappa shape index (κ1) is 11.6. The zero-order valence-corrected chi connectivity index (χ0v) is 10.2. The van der Waals surface area contributed by atoms with Gasteiger partial charge in [-0.05, 0) is 31.1 Å². The molecule has 3 nitrogen and oxygen atoms in total. The monoisotopic (exact) mass is 223 g/mol. The van der Waals surface area contributed by atoms with E-state index in [4.69, 9.17) is 0 Å². The maximum atomic E-state index is 11.9. The predicted octanol–water partition coefficient (Wildman–Crippen LogP) is 2.26. The molecule has 3 heteroatoms. The maximum absolute atomic E-state index is 11.9. The fourth-order valence-electron chi connectivity index (χ4n) is 3.41. The molecule has 1 heterocycles. The standard InChI is InChI=1S/C13H21NO2/c1-9(2)6-10-4-3-5-13(7-10)8-11(15)14-12(13)16/h9-10H,3-8H2,1-2H3,(H,14,15,16). The number of imide groups is 1. The fraction of sp³-hybridized carbons (Fsp3) is 0.846. The molecule has 0 aromatic carbocycles.